The first kappa shape index (κ1) is 72.7. The summed E-state index contributed by atoms with van der Waals surface area (Å²) in [5, 5.41) is 11.0. The van der Waals surface area contributed by atoms with E-state index in [4.69, 9.17) is 46.5 Å². The van der Waals surface area contributed by atoms with E-state index in [1.54, 1.807) is 38.1 Å². The van der Waals surface area contributed by atoms with Crippen molar-refractivity contribution in [2.75, 3.05) is 33.0 Å². The Morgan fingerprint density at radius 2 is 1.01 bits per heavy atom. The number of rotatable bonds is 18. The summed E-state index contributed by atoms with van der Waals surface area (Å²) >= 11 is 0. The number of alkyl halides is 3. The van der Waals surface area contributed by atoms with Crippen LogP contribution in [-0.2, 0) is 53.0 Å². The molecule has 460 valence electrons. The van der Waals surface area contributed by atoms with Gasteiger partial charge in [-0.3, -0.25) is 24.0 Å². The van der Waals surface area contributed by atoms with Gasteiger partial charge in [-0.25, -0.2) is 13.2 Å². The van der Waals surface area contributed by atoms with E-state index in [2.05, 4.69) is 60.7 Å². The number of Topliss-reactive ketones (excluding diaryl/α,β-unsaturated/α-hetero) is 1. The molecule has 1 N–H and O–H groups in total. The number of cyclic esters (lactones) is 1. The molecule has 83 heavy (non-hydrogen) atoms. The third-order valence-corrected chi connectivity index (χ3v) is 16.5. The maximum atomic E-state index is 12.3. The van der Waals surface area contributed by atoms with Crippen LogP contribution >= 0.6 is 10.5 Å². The first-order valence-electron chi connectivity index (χ1n) is 27.2. The molecule has 0 spiro atoms. The largest absolute Gasteiger partial charge is 0.741 e. The Balaban J connectivity index is 0.000000379. The summed E-state index contributed by atoms with van der Waals surface area (Å²) in [5.74, 6) is -0.0367. The highest BCUT2D eigenvalue weighted by molar-refractivity contribution is 7.86. The van der Waals surface area contributed by atoms with Gasteiger partial charge in [0.1, 0.15) is 31.3 Å². The van der Waals surface area contributed by atoms with Crippen LogP contribution in [0.25, 0.3) is 25.1 Å². The standard InChI is InChI=1S/C24H23O2S.C19H28O4.C10H16O4.C8H16O3.CHF3O3S/c1-4-24(2,3)23(25)26-17-13-15-18(16-14-17)27-21-11-7-5-9-19(21)20-10-6-8-12-22(20)27;1-7-19(5,6)17(21)23-13-12-22-15-10-8-14(9-11-15)16(20)18(2,3)4;1-4-10(2,3)9(12)14-7-5-6-13-8(7)11;1-4-8(2,3)7(10)11-6-5-9;2-1(3,4)8(5,6)7/h5-16H,4H2,1-3H3;8-11H,7,12-13H2,1-6H3;7H,4-6H2,1-3H3;9H,4-6H2,1-3H3;(H,5,6,7)/q+1;;;;/p-1. The third-order valence-electron chi connectivity index (χ3n) is 13.6. The lowest BCUT2D eigenvalue weighted by Gasteiger charge is -2.21. The molecular weight excluding hydrogens is 1120 g/mol. The molecule has 16 nitrogen and oxygen atoms in total. The predicted octanol–water partition coefficient (Wildman–Crippen LogP) is 13.6. The van der Waals surface area contributed by atoms with E-state index < -0.39 is 54.8 Å². The van der Waals surface area contributed by atoms with Crippen molar-refractivity contribution in [3.8, 4) is 16.4 Å². The van der Waals surface area contributed by atoms with Crippen molar-refractivity contribution in [3.05, 3.63) is 103 Å². The van der Waals surface area contributed by atoms with E-state index in [1.807, 2.05) is 102 Å². The highest BCUT2D eigenvalue weighted by atomic mass is 32.2. The molecule has 0 saturated carbocycles. The van der Waals surface area contributed by atoms with E-state index in [1.165, 1.54) is 25.1 Å². The third kappa shape index (κ3) is 22.3. The summed E-state index contributed by atoms with van der Waals surface area (Å²) in [6, 6.07) is 32.3. The zero-order valence-electron chi connectivity index (χ0n) is 50.4. The van der Waals surface area contributed by atoms with Gasteiger partial charge in [0.15, 0.2) is 30.2 Å². The van der Waals surface area contributed by atoms with Crippen molar-refractivity contribution in [1.82, 2.24) is 0 Å². The van der Waals surface area contributed by atoms with E-state index in [0.717, 1.165) is 19.3 Å². The number of benzene rings is 4. The second-order valence-corrected chi connectivity index (χ2v) is 26.1. The fourth-order valence-corrected chi connectivity index (χ4v) is 8.78. The number of carbonyl (C=O) groups is 6. The highest BCUT2D eigenvalue weighted by Gasteiger charge is 2.38. The predicted molar refractivity (Wildman–Crippen MR) is 313 cm³/mol. The van der Waals surface area contributed by atoms with E-state index in [0.29, 0.717) is 36.5 Å². The maximum absolute atomic E-state index is 12.3. The number of ketones is 1. The molecule has 5 aromatic rings. The number of halogens is 3. The summed E-state index contributed by atoms with van der Waals surface area (Å²) in [5.41, 5.74) is -7.26. The minimum absolute atomic E-state index is 0.0970. The molecule has 1 aromatic heterocycles. The molecule has 0 bridgehead atoms. The number of hydrogen-bond acceptors (Lipinski definition) is 16. The van der Waals surface area contributed by atoms with Crippen molar-refractivity contribution in [2.45, 2.75) is 148 Å². The second-order valence-electron chi connectivity index (χ2n) is 22.8. The Bertz CT molecular complexity index is 2990. The summed E-state index contributed by atoms with van der Waals surface area (Å²) in [4.78, 5) is 71.2. The first-order valence-corrected chi connectivity index (χ1v) is 29.9. The van der Waals surface area contributed by atoms with E-state index >= 15 is 0 Å². The average molecular weight is 1210 g/mol. The van der Waals surface area contributed by atoms with Crippen LogP contribution in [0.4, 0.5) is 13.2 Å². The van der Waals surface area contributed by atoms with Gasteiger partial charge in [0.2, 0.25) is 6.10 Å². The number of fused-ring (bicyclic) bond motifs is 3. The molecule has 1 aliphatic rings. The normalized spacial score (nSPS) is 13.7. The molecule has 0 radical (unpaired) electrons. The lowest BCUT2D eigenvalue weighted by atomic mass is 9.86. The van der Waals surface area contributed by atoms with E-state index in [9.17, 15) is 41.9 Å². The molecular formula is C62H83F3O16S2. The van der Waals surface area contributed by atoms with Gasteiger partial charge in [-0.15, -0.1) is 0 Å². The molecule has 4 aromatic carbocycles. The maximum Gasteiger partial charge on any atom is 0.485 e. The minimum Gasteiger partial charge on any atom is -0.741 e. The fraction of sp³-hybridized carbons (Fsp3) is 0.516. The van der Waals surface area contributed by atoms with Gasteiger partial charge in [0, 0.05) is 50.8 Å². The Morgan fingerprint density at radius 1 is 0.602 bits per heavy atom. The van der Waals surface area contributed by atoms with Gasteiger partial charge in [-0.05, 0) is 142 Å². The van der Waals surface area contributed by atoms with Crippen molar-refractivity contribution < 1.29 is 88.4 Å². The van der Waals surface area contributed by atoms with Gasteiger partial charge < -0.3 is 38.1 Å². The topological polar surface area (TPSA) is 235 Å². The number of aliphatic hydroxyl groups is 1. The zero-order chi connectivity index (χ0) is 63.4. The van der Waals surface area contributed by atoms with Crippen molar-refractivity contribution in [2.24, 2.45) is 27.1 Å². The summed E-state index contributed by atoms with van der Waals surface area (Å²) in [6.45, 7) is 29.1. The van der Waals surface area contributed by atoms with Crippen molar-refractivity contribution in [3.63, 3.8) is 0 Å². The van der Waals surface area contributed by atoms with Crippen molar-refractivity contribution >= 4 is 76.4 Å². The summed E-state index contributed by atoms with van der Waals surface area (Å²) in [7, 11) is -6.21. The Hall–Kier alpha value is -6.42. The Morgan fingerprint density at radius 3 is 1.41 bits per heavy atom. The number of hydrogen-bond donors (Lipinski definition) is 1. The molecule has 1 unspecified atom stereocenters. The quantitative estimate of drug-likeness (QED) is 0.0125. The minimum atomic E-state index is -6.09. The molecule has 2 heterocycles. The van der Waals surface area contributed by atoms with Crippen LogP contribution in [0.2, 0.25) is 0 Å². The highest BCUT2D eigenvalue weighted by Crippen LogP contribution is 2.48. The monoisotopic (exact) mass is 1200 g/mol. The molecule has 1 atom stereocenters. The lowest BCUT2D eigenvalue weighted by molar-refractivity contribution is -0.167. The Labute approximate surface area is 489 Å². The molecule has 0 amide bonds. The lowest BCUT2D eigenvalue weighted by Crippen LogP contribution is -2.32. The van der Waals surface area contributed by atoms with Gasteiger partial charge >= 0.3 is 35.4 Å². The van der Waals surface area contributed by atoms with Crippen LogP contribution in [0.3, 0.4) is 0 Å². The number of thiophene rings is 1. The number of ether oxygens (including phenoxy) is 6. The fourth-order valence-electron chi connectivity index (χ4n) is 6.40. The summed E-state index contributed by atoms with van der Waals surface area (Å²) in [6.07, 6.45) is 2.71. The molecule has 1 saturated heterocycles. The van der Waals surface area contributed by atoms with Crippen LogP contribution in [0.15, 0.2) is 97.1 Å². The van der Waals surface area contributed by atoms with Crippen molar-refractivity contribution in [1.29, 1.82) is 0 Å². The van der Waals surface area contributed by atoms with Crippen LogP contribution in [0.5, 0.6) is 11.5 Å². The average Bonchev–Trinajstić information content (AvgIpc) is 2.28. The van der Waals surface area contributed by atoms with Crippen LogP contribution in [0.1, 0.15) is 146 Å². The smallest absolute Gasteiger partial charge is 0.485 e. The molecule has 6 rings (SSSR count). The van der Waals surface area contributed by atoms with Gasteiger partial charge in [-0.1, -0.05) is 72.7 Å². The SMILES string of the molecule is CCC(C)(C)C(=O)OC1CCOC1=O.CCC(C)(C)C(=O)OCCO.CCC(C)(C)C(=O)OCCOc1ccc(C(=O)C(C)(C)C)cc1.CCC(C)(C)C(=O)Oc1ccc(-[s+]2c3ccccc3c3ccccc32)cc1.O=S(=O)([O-])C(F)(F)F. The number of esters is 5. The van der Waals surface area contributed by atoms with Crippen LogP contribution in [0, 0.1) is 27.1 Å². The van der Waals surface area contributed by atoms with Gasteiger partial charge in [-0.2, -0.15) is 13.2 Å². The summed E-state index contributed by atoms with van der Waals surface area (Å²) < 4.78 is 92.5. The molecule has 21 heteroatoms. The Kier molecular flexibility index (Phi) is 27.6. The van der Waals surface area contributed by atoms with Gasteiger partial charge in [0.25, 0.3) is 0 Å². The molecule has 1 fully saturated rings. The number of aliphatic hydroxyl groups excluding tert-OH is 1. The number of carbonyl (C=O) groups excluding carboxylic acids is 6. The van der Waals surface area contributed by atoms with Gasteiger partial charge in [0.05, 0.1) is 34.9 Å². The van der Waals surface area contributed by atoms with Crippen LogP contribution in [-0.4, -0.2) is 98.4 Å². The van der Waals surface area contributed by atoms with Crippen LogP contribution < -0.4 is 9.47 Å². The first-order chi connectivity index (χ1) is 38.3. The zero-order valence-corrected chi connectivity index (χ0v) is 52.0. The molecule has 1 aliphatic heterocycles. The van der Waals surface area contributed by atoms with E-state index in [-0.39, 0.29) is 66.6 Å². The molecule has 0 aliphatic carbocycles. The second kappa shape index (κ2) is 31.5.